The lowest BCUT2D eigenvalue weighted by Gasteiger charge is -2.29. The van der Waals surface area contributed by atoms with Crippen LogP contribution in [0.5, 0.6) is 0 Å². The molecule has 1 aromatic heterocycles. The molecule has 0 radical (unpaired) electrons. The largest absolute Gasteiger partial charge is 0.354 e. The molecule has 2 N–H and O–H groups in total. The Kier molecular flexibility index (Phi) is 7.75. The average Bonchev–Trinajstić information content (AvgIpc) is 2.92. The van der Waals surface area contributed by atoms with Crippen LogP contribution in [0.1, 0.15) is 57.2 Å². The highest BCUT2D eigenvalue weighted by Crippen LogP contribution is 2.25. The van der Waals surface area contributed by atoms with Crippen molar-refractivity contribution in [1.82, 2.24) is 10.6 Å². The van der Waals surface area contributed by atoms with Gasteiger partial charge in [-0.1, -0.05) is 6.42 Å². The molecule has 2 atom stereocenters. The van der Waals surface area contributed by atoms with Gasteiger partial charge in [-0.2, -0.15) is 0 Å². The third-order valence-electron chi connectivity index (χ3n) is 4.30. The number of carbonyl (C=O) groups excluding carboxylic acids is 2. The van der Waals surface area contributed by atoms with E-state index in [9.17, 15) is 9.59 Å². The van der Waals surface area contributed by atoms with Crippen molar-refractivity contribution < 1.29 is 9.59 Å². The third-order valence-corrected chi connectivity index (χ3v) is 5.98. The molecule has 0 bridgehead atoms. The topological polar surface area (TPSA) is 58.2 Å². The third kappa shape index (κ3) is 6.55. The molecule has 0 saturated heterocycles. The molecule has 134 valence electrons. The summed E-state index contributed by atoms with van der Waals surface area (Å²) in [4.78, 5) is 25.6. The molecule has 0 aromatic carbocycles. The first-order valence-electron chi connectivity index (χ1n) is 8.78. The molecule has 1 heterocycles. The van der Waals surface area contributed by atoms with E-state index in [1.54, 1.807) is 11.3 Å². The second-order valence-electron chi connectivity index (χ2n) is 6.85. The number of hydrogen-bond acceptors (Lipinski definition) is 3. The van der Waals surface area contributed by atoms with Crippen LogP contribution in [0.25, 0.3) is 0 Å². The maximum absolute atomic E-state index is 12.1. The van der Waals surface area contributed by atoms with E-state index >= 15 is 0 Å². The summed E-state index contributed by atoms with van der Waals surface area (Å²) in [5, 5.41) is 6.11. The Morgan fingerprint density at radius 2 is 2.12 bits per heavy atom. The van der Waals surface area contributed by atoms with E-state index in [1.165, 1.54) is 4.88 Å². The highest BCUT2D eigenvalue weighted by Gasteiger charge is 2.28. The van der Waals surface area contributed by atoms with Crippen LogP contribution in [0, 0.1) is 5.92 Å². The number of hydrogen-bond donors (Lipinski definition) is 2. The van der Waals surface area contributed by atoms with Crippen LogP contribution in [0.2, 0.25) is 0 Å². The summed E-state index contributed by atoms with van der Waals surface area (Å²) in [5.41, 5.74) is 0. The zero-order valence-electron chi connectivity index (χ0n) is 14.4. The number of carbonyl (C=O) groups is 2. The molecule has 2 amide bonds. The molecule has 2 unspecified atom stereocenters. The van der Waals surface area contributed by atoms with E-state index in [2.05, 4.69) is 32.6 Å². The normalized spacial score (nSPS) is 20.8. The number of rotatable bonds is 7. The molecule has 0 aliphatic heterocycles. The van der Waals surface area contributed by atoms with Crippen LogP contribution >= 0.6 is 27.3 Å². The molecule has 1 aliphatic carbocycles. The Morgan fingerprint density at radius 3 is 2.79 bits per heavy atom. The molecule has 1 aromatic rings. The molecule has 2 rings (SSSR count). The number of amides is 2. The maximum Gasteiger partial charge on any atom is 0.223 e. The van der Waals surface area contributed by atoms with Gasteiger partial charge in [-0.15, -0.1) is 11.3 Å². The molecule has 0 spiro atoms. The molecule has 24 heavy (non-hydrogen) atoms. The van der Waals surface area contributed by atoms with Crippen molar-refractivity contribution in [2.45, 2.75) is 70.9 Å². The SMILES string of the molecule is CC(C)NC(=O)C1CCCC(NC(=O)CCCc2ccc(Br)s2)C1. The Morgan fingerprint density at radius 1 is 1.33 bits per heavy atom. The van der Waals surface area contributed by atoms with E-state index in [-0.39, 0.29) is 29.8 Å². The zero-order chi connectivity index (χ0) is 17.5. The summed E-state index contributed by atoms with van der Waals surface area (Å²) in [6, 6.07) is 4.46. The fourth-order valence-corrected chi connectivity index (χ4v) is 4.70. The Labute approximate surface area is 156 Å². The van der Waals surface area contributed by atoms with Crippen molar-refractivity contribution >= 4 is 39.1 Å². The van der Waals surface area contributed by atoms with Gasteiger partial charge in [0.15, 0.2) is 0 Å². The number of nitrogens with one attached hydrogen (secondary N) is 2. The summed E-state index contributed by atoms with van der Waals surface area (Å²) in [5.74, 6) is 0.280. The Bertz CT molecular complexity index is 559. The summed E-state index contributed by atoms with van der Waals surface area (Å²) < 4.78 is 1.13. The van der Waals surface area contributed by atoms with Gasteiger partial charge in [-0.3, -0.25) is 9.59 Å². The van der Waals surface area contributed by atoms with Crippen molar-refractivity contribution in [3.8, 4) is 0 Å². The minimum absolute atomic E-state index is 0.0370. The molecule has 1 aliphatic rings. The van der Waals surface area contributed by atoms with E-state index in [4.69, 9.17) is 0 Å². The molecule has 6 heteroatoms. The van der Waals surface area contributed by atoms with Gasteiger partial charge < -0.3 is 10.6 Å². The Hall–Kier alpha value is -0.880. The average molecular weight is 415 g/mol. The molecular formula is C18H27BrN2O2S. The fourth-order valence-electron chi connectivity index (χ4n) is 3.17. The van der Waals surface area contributed by atoms with Gasteiger partial charge in [0.25, 0.3) is 0 Å². The lowest BCUT2D eigenvalue weighted by atomic mass is 9.85. The summed E-state index contributed by atoms with van der Waals surface area (Å²) in [7, 11) is 0. The van der Waals surface area contributed by atoms with Gasteiger partial charge >= 0.3 is 0 Å². The van der Waals surface area contributed by atoms with Gasteiger partial charge in [-0.25, -0.2) is 0 Å². The van der Waals surface area contributed by atoms with Crippen LogP contribution in [-0.4, -0.2) is 23.9 Å². The first-order valence-corrected chi connectivity index (χ1v) is 10.4. The summed E-state index contributed by atoms with van der Waals surface area (Å²) in [6.45, 7) is 3.96. The van der Waals surface area contributed by atoms with Crippen molar-refractivity contribution in [2.75, 3.05) is 0 Å². The minimum Gasteiger partial charge on any atom is -0.354 e. The lowest BCUT2D eigenvalue weighted by molar-refractivity contribution is -0.128. The Balaban J connectivity index is 1.69. The molecular weight excluding hydrogens is 388 g/mol. The maximum atomic E-state index is 12.1. The smallest absolute Gasteiger partial charge is 0.223 e. The number of aryl methyl sites for hydroxylation is 1. The summed E-state index contributed by atoms with van der Waals surface area (Å²) >= 11 is 5.18. The first kappa shape index (κ1) is 19.4. The predicted octanol–water partition coefficient (Wildman–Crippen LogP) is 4.03. The van der Waals surface area contributed by atoms with Gasteiger partial charge in [0.1, 0.15) is 0 Å². The van der Waals surface area contributed by atoms with Crippen molar-refractivity contribution in [1.29, 1.82) is 0 Å². The van der Waals surface area contributed by atoms with Crippen LogP contribution in [0.4, 0.5) is 0 Å². The second-order valence-corrected chi connectivity index (χ2v) is 9.40. The highest BCUT2D eigenvalue weighted by molar-refractivity contribution is 9.11. The molecule has 4 nitrogen and oxygen atoms in total. The van der Waals surface area contributed by atoms with Gasteiger partial charge in [0.2, 0.25) is 11.8 Å². The first-order chi connectivity index (χ1) is 11.4. The van der Waals surface area contributed by atoms with Crippen molar-refractivity contribution in [2.24, 2.45) is 5.92 Å². The highest BCUT2D eigenvalue weighted by atomic mass is 79.9. The van der Waals surface area contributed by atoms with E-state index in [1.807, 2.05) is 19.9 Å². The van der Waals surface area contributed by atoms with Crippen LogP contribution in [0.15, 0.2) is 15.9 Å². The quantitative estimate of drug-likeness (QED) is 0.707. The van der Waals surface area contributed by atoms with Crippen LogP contribution < -0.4 is 10.6 Å². The van der Waals surface area contributed by atoms with Crippen LogP contribution in [0.3, 0.4) is 0 Å². The van der Waals surface area contributed by atoms with Gasteiger partial charge in [0, 0.05) is 29.3 Å². The molecule has 1 saturated carbocycles. The summed E-state index contributed by atoms with van der Waals surface area (Å²) in [6.07, 6.45) is 6.03. The monoisotopic (exact) mass is 414 g/mol. The number of halogens is 1. The van der Waals surface area contributed by atoms with Gasteiger partial charge in [-0.05, 0) is 74.0 Å². The second kappa shape index (κ2) is 9.56. The lowest BCUT2D eigenvalue weighted by Crippen LogP contribution is -2.43. The number of thiophene rings is 1. The van der Waals surface area contributed by atoms with Gasteiger partial charge in [0.05, 0.1) is 3.79 Å². The minimum atomic E-state index is 0.0370. The van der Waals surface area contributed by atoms with E-state index in [0.717, 1.165) is 42.3 Å². The predicted molar refractivity (Wildman–Crippen MR) is 102 cm³/mol. The zero-order valence-corrected chi connectivity index (χ0v) is 16.8. The van der Waals surface area contributed by atoms with Crippen molar-refractivity contribution in [3.63, 3.8) is 0 Å². The molecule has 1 fully saturated rings. The van der Waals surface area contributed by atoms with Crippen molar-refractivity contribution in [3.05, 3.63) is 20.8 Å². The van der Waals surface area contributed by atoms with Crippen LogP contribution in [-0.2, 0) is 16.0 Å². The fraction of sp³-hybridized carbons (Fsp3) is 0.667. The standard InChI is InChI=1S/C18H27BrN2O2S/c1-12(2)20-18(23)13-5-3-6-14(11-13)21-17(22)8-4-7-15-9-10-16(19)24-15/h9-10,12-14H,3-8,11H2,1-2H3,(H,20,23)(H,21,22). The van der Waals surface area contributed by atoms with E-state index in [0.29, 0.717) is 6.42 Å². The van der Waals surface area contributed by atoms with E-state index < -0.39 is 0 Å².